The Balaban J connectivity index is 1.52. The van der Waals surface area contributed by atoms with E-state index in [1.807, 2.05) is 23.1 Å². The Bertz CT molecular complexity index is 1280. The van der Waals surface area contributed by atoms with E-state index in [0.29, 0.717) is 0 Å². The summed E-state index contributed by atoms with van der Waals surface area (Å²) in [6.07, 6.45) is 2.32. The topological polar surface area (TPSA) is 56.5 Å². The van der Waals surface area contributed by atoms with Crippen LogP contribution in [0.1, 0.15) is 10.7 Å². The first-order valence-electron chi connectivity index (χ1n) is 8.75. The Morgan fingerprint density at radius 2 is 1.93 bits per heavy atom. The first-order chi connectivity index (χ1) is 14.2. The van der Waals surface area contributed by atoms with Gasteiger partial charge in [0.15, 0.2) is 5.16 Å². The summed E-state index contributed by atoms with van der Waals surface area (Å²) in [4.78, 5) is 11.1. The lowest BCUT2D eigenvalue weighted by atomic mass is 10.1. The summed E-state index contributed by atoms with van der Waals surface area (Å²) < 4.78 is 15.4. The van der Waals surface area contributed by atoms with E-state index in [1.54, 1.807) is 41.1 Å². The van der Waals surface area contributed by atoms with Crippen molar-refractivity contribution < 1.29 is 4.39 Å². The van der Waals surface area contributed by atoms with E-state index in [0.717, 1.165) is 43.8 Å². The minimum absolute atomic E-state index is 0.253. The van der Waals surface area contributed by atoms with E-state index in [4.69, 9.17) is 0 Å². The molecule has 0 bridgehead atoms. The van der Waals surface area contributed by atoms with Gasteiger partial charge in [-0.05, 0) is 40.9 Å². The van der Waals surface area contributed by atoms with Crippen LogP contribution >= 0.6 is 34.4 Å². The number of hydrogen-bond acceptors (Lipinski definition) is 7. The lowest BCUT2D eigenvalue weighted by molar-refractivity contribution is 0.628. The average Bonchev–Trinajstić information content (AvgIpc) is 3.46. The fraction of sp³-hybridized carbons (Fsp3) is 0.100. The molecule has 4 aromatic heterocycles. The quantitative estimate of drug-likeness (QED) is 0.342. The maximum absolute atomic E-state index is 13.3. The monoisotopic (exact) mass is 439 g/mol. The highest BCUT2D eigenvalue weighted by Gasteiger charge is 2.17. The van der Waals surface area contributed by atoms with Crippen LogP contribution in [0.25, 0.3) is 21.3 Å². The molecule has 9 heteroatoms. The third-order valence-corrected chi connectivity index (χ3v) is 7.32. The molecule has 0 spiro atoms. The SMILES string of the molecule is Cn1c(Cc2cccs2)nnc1Sc1ncnc2scc(-c3ccc(F)cc3)c12. The van der Waals surface area contributed by atoms with Crippen molar-refractivity contribution in [3.63, 3.8) is 0 Å². The Hall–Kier alpha value is -2.62. The number of rotatable bonds is 5. The number of nitrogens with zero attached hydrogens (tertiary/aromatic N) is 5. The predicted octanol–water partition coefficient (Wildman–Crippen LogP) is 5.43. The zero-order chi connectivity index (χ0) is 19.8. The average molecular weight is 440 g/mol. The van der Waals surface area contributed by atoms with Crippen molar-refractivity contribution in [3.8, 4) is 11.1 Å². The number of benzene rings is 1. The van der Waals surface area contributed by atoms with Gasteiger partial charge in [0.2, 0.25) is 0 Å². The van der Waals surface area contributed by atoms with E-state index in [-0.39, 0.29) is 5.82 Å². The summed E-state index contributed by atoms with van der Waals surface area (Å²) in [5, 5.41) is 15.4. The Kier molecular flexibility index (Phi) is 4.86. The molecule has 0 atom stereocenters. The standard InChI is InChI=1S/C20H14FN5S3/c1-26-16(9-14-3-2-8-27-14)24-25-20(26)29-19-17-15(10-28-18(17)22-11-23-19)12-4-6-13(21)7-5-12/h2-8,10-11H,9H2,1H3. The van der Waals surface area contributed by atoms with E-state index in [9.17, 15) is 4.39 Å². The summed E-state index contributed by atoms with van der Waals surface area (Å²) in [6.45, 7) is 0. The van der Waals surface area contributed by atoms with Crippen LogP contribution < -0.4 is 0 Å². The first-order valence-corrected chi connectivity index (χ1v) is 11.3. The lowest BCUT2D eigenvalue weighted by Gasteiger charge is -2.06. The molecule has 5 nitrogen and oxygen atoms in total. The van der Waals surface area contributed by atoms with Gasteiger partial charge in [0, 0.05) is 29.3 Å². The molecule has 0 unspecified atom stereocenters. The molecule has 0 saturated heterocycles. The molecular weight excluding hydrogens is 425 g/mol. The van der Waals surface area contributed by atoms with Gasteiger partial charge in [-0.1, -0.05) is 18.2 Å². The minimum atomic E-state index is -0.253. The zero-order valence-electron chi connectivity index (χ0n) is 15.2. The molecular formula is C20H14FN5S3. The molecule has 0 saturated carbocycles. The molecule has 4 heterocycles. The summed E-state index contributed by atoms with van der Waals surface area (Å²) in [5.41, 5.74) is 1.93. The van der Waals surface area contributed by atoms with Crippen LogP contribution in [-0.4, -0.2) is 24.7 Å². The Morgan fingerprint density at radius 1 is 1.07 bits per heavy atom. The molecule has 0 fully saturated rings. The molecule has 0 amide bonds. The Labute approximate surface area is 178 Å². The van der Waals surface area contributed by atoms with E-state index >= 15 is 0 Å². The van der Waals surface area contributed by atoms with Gasteiger partial charge in [-0.15, -0.1) is 32.9 Å². The molecule has 5 aromatic rings. The van der Waals surface area contributed by atoms with Crippen LogP contribution in [0.5, 0.6) is 0 Å². The fourth-order valence-electron chi connectivity index (χ4n) is 3.01. The van der Waals surface area contributed by atoms with Gasteiger partial charge >= 0.3 is 0 Å². The fourth-order valence-corrected chi connectivity index (χ4v) is 5.60. The predicted molar refractivity (Wildman–Crippen MR) is 115 cm³/mol. The third-order valence-electron chi connectivity index (χ3n) is 4.52. The number of hydrogen-bond donors (Lipinski definition) is 0. The van der Waals surface area contributed by atoms with Gasteiger partial charge < -0.3 is 4.57 Å². The maximum atomic E-state index is 13.3. The molecule has 1 aromatic carbocycles. The highest BCUT2D eigenvalue weighted by atomic mass is 32.2. The van der Waals surface area contributed by atoms with Crippen molar-refractivity contribution >= 4 is 44.7 Å². The summed E-state index contributed by atoms with van der Waals surface area (Å²) in [7, 11) is 1.97. The molecule has 29 heavy (non-hydrogen) atoms. The molecule has 0 aliphatic carbocycles. The van der Waals surface area contributed by atoms with Crippen LogP contribution in [0.3, 0.4) is 0 Å². The van der Waals surface area contributed by atoms with Crippen LogP contribution in [-0.2, 0) is 13.5 Å². The molecule has 0 radical (unpaired) electrons. The summed E-state index contributed by atoms with van der Waals surface area (Å²) in [5.74, 6) is 0.654. The van der Waals surface area contributed by atoms with Crippen molar-refractivity contribution in [1.82, 2.24) is 24.7 Å². The first kappa shape index (κ1) is 18.4. The Morgan fingerprint density at radius 3 is 2.72 bits per heavy atom. The summed E-state index contributed by atoms with van der Waals surface area (Å²) >= 11 is 4.73. The molecule has 0 aliphatic rings. The third kappa shape index (κ3) is 3.57. The number of aromatic nitrogens is 5. The van der Waals surface area contributed by atoms with Crippen LogP contribution in [0.15, 0.2) is 63.7 Å². The zero-order valence-corrected chi connectivity index (χ0v) is 17.7. The summed E-state index contributed by atoms with van der Waals surface area (Å²) in [6, 6.07) is 10.6. The van der Waals surface area contributed by atoms with E-state index < -0.39 is 0 Å². The van der Waals surface area contributed by atoms with Crippen molar-refractivity contribution in [2.45, 2.75) is 16.6 Å². The van der Waals surface area contributed by atoms with Crippen molar-refractivity contribution in [1.29, 1.82) is 0 Å². The maximum Gasteiger partial charge on any atom is 0.197 e. The minimum Gasteiger partial charge on any atom is -0.309 e. The highest BCUT2D eigenvalue weighted by molar-refractivity contribution is 7.99. The number of halogens is 1. The second-order valence-corrected chi connectivity index (χ2v) is 9.18. The van der Waals surface area contributed by atoms with Gasteiger partial charge in [0.25, 0.3) is 0 Å². The van der Waals surface area contributed by atoms with Gasteiger partial charge in [-0.3, -0.25) is 0 Å². The van der Waals surface area contributed by atoms with Crippen LogP contribution in [0.2, 0.25) is 0 Å². The lowest BCUT2D eigenvalue weighted by Crippen LogP contribution is -1.99. The van der Waals surface area contributed by atoms with Gasteiger partial charge in [0.1, 0.15) is 27.8 Å². The highest BCUT2D eigenvalue weighted by Crippen LogP contribution is 2.39. The smallest absolute Gasteiger partial charge is 0.197 e. The van der Waals surface area contributed by atoms with Crippen molar-refractivity contribution in [2.24, 2.45) is 7.05 Å². The van der Waals surface area contributed by atoms with Crippen LogP contribution in [0, 0.1) is 5.82 Å². The van der Waals surface area contributed by atoms with Gasteiger partial charge in [0.05, 0.1) is 5.39 Å². The normalized spacial score (nSPS) is 11.4. The van der Waals surface area contributed by atoms with Gasteiger partial charge in [-0.25, -0.2) is 14.4 Å². The van der Waals surface area contributed by atoms with Crippen molar-refractivity contribution in [3.05, 3.63) is 70.0 Å². The largest absolute Gasteiger partial charge is 0.309 e. The van der Waals surface area contributed by atoms with E-state index in [2.05, 4.69) is 31.6 Å². The van der Waals surface area contributed by atoms with Crippen LogP contribution in [0.4, 0.5) is 4.39 Å². The molecule has 0 N–H and O–H groups in total. The second-order valence-electron chi connectivity index (χ2n) is 6.33. The van der Waals surface area contributed by atoms with Gasteiger partial charge in [-0.2, -0.15) is 0 Å². The molecule has 5 rings (SSSR count). The van der Waals surface area contributed by atoms with E-state index in [1.165, 1.54) is 28.8 Å². The number of fused-ring (bicyclic) bond motifs is 1. The molecule has 144 valence electrons. The molecule has 0 aliphatic heterocycles. The number of thiophene rings is 2. The van der Waals surface area contributed by atoms with Crippen molar-refractivity contribution in [2.75, 3.05) is 0 Å². The second kappa shape index (κ2) is 7.66.